The Kier molecular flexibility index (Phi) is 6.83. The van der Waals surface area contributed by atoms with Crippen LogP contribution >= 0.6 is 0 Å². The zero-order valence-corrected chi connectivity index (χ0v) is 14.5. The average Bonchev–Trinajstić information content (AvgIpc) is 2.60. The molecule has 2 aromatic carbocycles. The highest BCUT2D eigenvalue weighted by Crippen LogP contribution is 2.15. The van der Waals surface area contributed by atoms with Crippen molar-refractivity contribution in [3.63, 3.8) is 0 Å². The van der Waals surface area contributed by atoms with E-state index in [2.05, 4.69) is 16.0 Å². The van der Waals surface area contributed by atoms with Gasteiger partial charge in [-0.3, -0.25) is 9.59 Å². The van der Waals surface area contributed by atoms with Gasteiger partial charge in [0.25, 0.3) is 0 Å². The molecule has 0 heterocycles. The lowest BCUT2D eigenvalue weighted by molar-refractivity contribution is -0.121. The summed E-state index contributed by atoms with van der Waals surface area (Å²) in [6, 6.07) is 15.0. The summed E-state index contributed by atoms with van der Waals surface area (Å²) in [5, 5.41) is 8.78. The fourth-order valence-corrected chi connectivity index (χ4v) is 2.26. The second-order valence-corrected chi connectivity index (χ2v) is 5.56. The van der Waals surface area contributed by atoms with E-state index in [9.17, 15) is 9.59 Å². The third kappa shape index (κ3) is 6.55. The highest BCUT2D eigenvalue weighted by molar-refractivity contribution is 5.89. The molecule has 132 valence electrons. The van der Waals surface area contributed by atoms with Gasteiger partial charge in [0.2, 0.25) is 11.8 Å². The van der Waals surface area contributed by atoms with Gasteiger partial charge in [-0.15, -0.1) is 0 Å². The Balaban J connectivity index is 1.72. The number of hydrogen-bond acceptors (Lipinski definition) is 4. The van der Waals surface area contributed by atoms with Crippen LogP contribution in [0.15, 0.2) is 48.5 Å². The lowest BCUT2D eigenvalue weighted by atomic mass is 10.2. The second kappa shape index (κ2) is 9.32. The third-order valence-corrected chi connectivity index (χ3v) is 3.51. The maximum Gasteiger partial charge on any atom is 0.222 e. The molecule has 25 heavy (non-hydrogen) atoms. The van der Waals surface area contributed by atoms with Gasteiger partial charge in [0, 0.05) is 37.8 Å². The molecule has 6 heteroatoms. The first-order valence-corrected chi connectivity index (χ1v) is 8.08. The Bertz CT molecular complexity index is 714. The number of nitrogens with one attached hydrogen (secondary N) is 3. The molecule has 0 spiro atoms. The van der Waals surface area contributed by atoms with E-state index >= 15 is 0 Å². The average molecular weight is 341 g/mol. The summed E-state index contributed by atoms with van der Waals surface area (Å²) in [5.41, 5.74) is 2.60. The summed E-state index contributed by atoms with van der Waals surface area (Å²) in [5.74, 6) is 0.650. The summed E-state index contributed by atoms with van der Waals surface area (Å²) in [6.07, 6.45) is 0.362. The Hall–Kier alpha value is -3.02. The molecule has 0 bridgehead atoms. The topological polar surface area (TPSA) is 79.5 Å². The summed E-state index contributed by atoms with van der Waals surface area (Å²) >= 11 is 0. The van der Waals surface area contributed by atoms with Crippen LogP contribution in [0.5, 0.6) is 5.75 Å². The number of ether oxygens (including phenoxy) is 1. The number of methoxy groups -OCH3 is 1. The van der Waals surface area contributed by atoms with E-state index in [-0.39, 0.29) is 11.8 Å². The van der Waals surface area contributed by atoms with Crippen LogP contribution in [0, 0.1) is 0 Å². The first-order valence-electron chi connectivity index (χ1n) is 8.08. The van der Waals surface area contributed by atoms with Crippen molar-refractivity contribution in [3.05, 3.63) is 54.1 Å². The predicted molar refractivity (Wildman–Crippen MR) is 98.7 cm³/mol. The molecule has 0 atom stereocenters. The van der Waals surface area contributed by atoms with Gasteiger partial charge in [0.05, 0.1) is 7.11 Å². The van der Waals surface area contributed by atoms with Gasteiger partial charge in [0.15, 0.2) is 0 Å². The smallest absolute Gasteiger partial charge is 0.222 e. The van der Waals surface area contributed by atoms with E-state index in [0.717, 1.165) is 22.7 Å². The maximum atomic E-state index is 11.9. The maximum absolute atomic E-state index is 11.9. The Morgan fingerprint density at radius 3 is 2.44 bits per heavy atom. The number of hydrogen-bond donors (Lipinski definition) is 3. The van der Waals surface area contributed by atoms with Gasteiger partial charge in [-0.2, -0.15) is 0 Å². The Morgan fingerprint density at radius 1 is 1.04 bits per heavy atom. The van der Waals surface area contributed by atoms with Crippen molar-refractivity contribution < 1.29 is 14.3 Å². The minimum atomic E-state index is -0.116. The van der Waals surface area contributed by atoms with Crippen LogP contribution in [0.4, 0.5) is 11.4 Å². The number of carbonyl (C=O) groups is 2. The highest BCUT2D eigenvalue weighted by atomic mass is 16.5. The zero-order valence-electron chi connectivity index (χ0n) is 14.5. The van der Waals surface area contributed by atoms with Crippen molar-refractivity contribution in [1.82, 2.24) is 5.32 Å². The normalized spacial score (nSPS) is 10.0. The number of benzene rings is 2. The molecule has 0 aliphatic rings. The standard InChI is InChI=1S/C19H23N3O3/c1-14(23)22-17-5-3-4-16(12-17)20-11-10-19(24)21-13-15-6-8-18(25-2)9-7-15/h3-9,12,20H,10-11,13H2,1-2H3,(H,21,24)(H,22,23). The van der Waals surface area contributed by atoms with Crippen molar-refractivity contribution >= 4 is 23.2 Å². The van der Waals surface area contributed by atoms with Crippen LogP contribution in [0.3, 0.4) is 0 Å². The second-order valence-electron chi connectivity index (χ2n) is 5.56. The number of amides is 2. The number of anilines is 2. The molecular formula is C19H23N3O3. The fraction of sp³-hybridized carbons (Fsp3) is 0.263. The van der Waals surface area contributed by atoms with Gasteiger partial charge in [-0.25, -0.2) is 0 Å². The van der Waals surface area contributed by atoms with Gasteiger partial charge < -0.3 is 20.7 Å². The van der Waals surface area contributed by atoms with Gasteiger partial charge in [0.1, 0.15) is 5.75 Å². The van der Waals surface area contributed by atoms with Crippen molar-refractivity contribution in [2.75, 3.05) is 24.3 Å². The first-order chi connectivity index (χ1) is 12.1. The van der Waals surface area contributed by atoms with E-state index < -0.39 is 0 Å². The SMILES string of the molecule is COc1ccc(CNC(=O)CCNc2cccc(NC(C)=O)c2)cc1. The molecule has 2 aromatic rings. The molecule has 6 nitrogen and oxygen atoms in total. The third-order valence-electron chi connectivity index (χ3n) is 3.51. The van der Waals surface area contributed by atoms with Crippen LogP contribution in [0.1, 0.15) is 18.9 Å². The minimum Gasteiger partial charge on any atom is -0.497 e. The fourth-order valence-electron chi connectivity index (χ4n) is 2.26. The molecule has 3 N–H and O–H groups in total. The van der Waals surface area contributed by atoms with E-state index in [1.807, 2.05) is 48.5 Å². The molecule has 0 saturated carbocycles. The molecule has 0 unspecified atom stereocenters. The van der Waals surface area contributed by atoms with Crippen molar-refractivity contribution in [1.29, 1.82) is 0 Å². The van der Waals surface area contributed by atoms with Crippen molar-refractivity contribution in [2.45, 2.75) is 19.9 Å². The largest absolute Gasteiger partial charge is 0.497 e. The van der Waals surface area contributed by atoms with Crippen LogP contribution < -0.4 is 20.7 Å². The van der Waals surface area contributed by atoms with E-state index in [0.29, 0.717) is 19.5 Å². The Morgan fingerprint density at radius 2 is 1.76 bits per heavy atom. The van der Waals surface area contributed by atoms with Crippen LogP contribution in [0.2, 0.25) is 0 Å². The van der Waals surface area contributed by atoms with Gasteiger partial charge in [-0.1, -0.05) is 18.2 Å². The molecule has 0 aliphatic heterocycles. The van der Waals surface area contributed by atoms with Crippen LogP contribution in [-0.2, 0) is 16.1 Å². The van der Waals surface area contributed by atoms with Crippen LogP contribution in [0.25, 0.3) is 0 Å². The molecular weight excluding hydrogens is 318 g/mol. The summed E-state index contributed by atoms with van der Waals surface area (Å²) in [4.78, 5) is 23.0. The van der Waals surface area contributed by atoms with Crippen molar-refractivity contribution in [2.24, 2.45) is 0 Å². The molecule has 0 fully saturated rings. The lowest BCUT2D eigenvalue weighted by Crippen LogP contribution is -2.24. The monoisotopic (exact) mass is 341 g/mol. The number of rotatable bonds is 8. The van der Waals surface area contributed by atoms with Crippen LogP contribution in [-0.4, -0.2) is 25.5 Å². The summed E-state index contributed by atoms with van der Waals surface area (Å²) in [6.45, 7) is 2.46. The van der Waals surface area contributed by atoms with Gasteiger partial charge in [-0.05, 0) is 35.9 Å². The molecule has 0 saturated heterocycles. The zero-order chi connectivity index (χ0) is 18.1. The Labute approximate surface area is 147 Å². The highest BCUT2D eigenvalue weighted by Gasteiger charge is 2.03. The van der Waals surface area contributed by atoms with Gasteiger partial charge >= 0.3 is 0 Å². The molecule has 2 amide bonds. The molecule has 0 aromatic heterocycles. The van der Waals surface area contributed by atoms with E-state index in [1.54, 1.807) is 7.11 Å². The molecule has 0 aliphatic carbocycles. The molecule has 2 rings (SSSR count). The first kappa shape index (κ1) is 18.3. The molecule has 0 radical (unpaired) electrons. The summed E-state index contributed by atoms with van der Waals surface area (Å²) < 4.78 is 5.10. The number of carbonyl (C=O) groups excluding carboxylic acids is 2. The predicted octanol–water partition coefficient (Wildman–Crippen LogP) is 2.77. The van der Waals surface area contributed by atoms with E-state index in [4.69, 9.17) is 4.74 Å². The minimum absolute atomic E-state index is 0.0265. The van der Waals surface area contributed by atoms with E-state index in [1.165, 1.54) is 6.92 Å². The summed E-state index contributed by atoms with van der Waals surface area (Å²) in [7, 11) is 1.62. The van der Waals surface area contributed by atoms with Crippen molar-refractivity contribution in [3.8, 4) is 5.75 Å². The quantitative estimate of drug-likeness (QED) is 0.690. The lowest BCUT2D eigenvalue weighted by Gasteiger charge is -2.09.